The molecule has 0 bridgehead atoms. The Labute approximate surface area is 179 Å². The summed E-state index contributed by atoms with van der Waals surface area (Å²) in [6.45, 7) is 0.449. The molecule has 1 atom stereocenters. The molecule has 1 aliphatic rings. The van der Waals surface area contributed by atoms with Gasteiger partial charge in [-0.05, 0) is 55.0 Å². The Kier molecular flexibility index (Phi) is 7.49. The Morgan fingerprint density at radius 3 is 2.57 bits per heavy atom. The summed E-state index contributed by atoms with van der Waals surface area (Å²) in [6.07, 6.45) is 4.41. The zero-order valence-electron chi connectivity index (χ0n) is 17.0. The summed E-state index contributed by atoms with van der Waals surface area (Å²) in [5.41, 5.74) is 0.749. The van der Waals surface area contributed by atoms with Crippen LogP contribution in [0.5, 0.6) is 0 Å². The molecule has 3 rings (SSSR count). The van der Waals surface area contributed by atoms with Gasteiger partial charge < -0.3 is 20.0 Å². The van der Waals surface area contributed by atoms with Crippen molar-refractivity contribution in [1.29, 1.82) is 0 Å². The van der Waals surface area contributed by atoms with Gasteiger partial charge in [-0.2, -0.15) is 0 Å². The molecular formula is C21H26F2N4O2S. The number of carbonyl (C=O) groups excluding carboxylic acids is 1. The van der Waals surface area contributed by atoms with Gasteiger partial charge >= 0.3 is 0 Å². The number of rotatable bonds is 10. The van der Waals surface area contributed by atoms with Crippen molar-refractivity contribution in [3.05, 3.63) is 53.1 Å². The first kappa shape index (κ1) is 22.3. The third-order valence-corrected chi connectivity index (χ3v) is 5.63. The Balaban J connectivity index is 1.74. The van der Waals surface area contributed by atoms with E-state index in [1.807, 2.05) is 17.6 Å². The molecule has 9 heteroatoms. The van der Waals surface area contributed by atoms with E-state index in [1.54, 1.807) is 12.1 Å². The number of hydrogen-bond acceptors (Lipinski definition) is 6. The van der Waals surface area contributed by atoms with Crippen LogP contribution in [-0.2, 0) is 6.42 Å². The molecule has 0 radical (unpaired) electrons. The van der Waals surface area contributed by atoms with E-state index in [-0.39, 0.29) is 13.0 Å². The Hall–Kier alpha value is -2.39. The standard InChI is InChI=1S/C21H26F2N4O2S/c1-27(30-2)20-9-15(8-19(26-20)24-11-13-3-4-13)21(29)25-18(12-28)7-14-5-16(22)10-17(23)6-14/h5-6,8-10,13,18,28H,3-4,7,11-12H2,1-2H3,(H,24,26)(H,25,29). The van der Waals surface area contributed by atoms with E-state index < -0.39 is 23.6 Å². The highest BCUT2D eigenvalue weighted by atomic mass is 32.2. The van der Waals surface area contributed by atoms with Gasteiger partial charge in [0.1, 0.15) is 23.3 Å². The van der Waals surface area contributed by atoms with Crippen LogP contribution in [0.4, 0.5) is 20.4 Å². The first-order valence-electron chi connectivity index (χ1n) is 9.78. The van der Waals surface area contributed by atoms with Crippen LogP contribution in [0.25, 0.3) is 0 Å². The van der Waals surface area contributed by atoms with Crippen molar-refractivity contribution in [2.45, 2.75) is 25.3 Å². The molecule has 1 saturated carbocycles. The van der Waals surface area contributed by atoms with Gasteiger partial charge in [0.05, 0.1) is 12.6 Å². The molecule has 0 saturated heterocycles. The van der Waals surface area contributed by atoms with Crippen LogP contribution in [0, 0.1) is 17.6 Å². The van der Waals surface area contributed by atoms with Gasteiger partial charge in [0.2, 0.25) is 0 Å². The number of aromatic nitrogens is 1. The highest BCUT2D eigenvalue weighted by Crippen LogP contribution is 2.29. The van der Waals surface area contributed by atoms with Crippen molar-refractivity contribution >= 4 is 29.5 Å². The highest BCUT2D eigenvalue weighted by Gasteiger charge is 2.22. The molecule has 1 aliphatic carbocycles. The van der Waals surface area contributed by atoms with E-state index >= 15 is 0 Å². The maximum Gasteiger partial charge on any atom is 0.251 e. The molecule has 1 aromatic heterocycles. The molecular weight excluding hydrogens is 410 g/mol. The fraction of sp³-hybridized carbons (Fsp3) is 0.429. The van der Waals surface area contributed by atoms with Gasteiger partial charge in [-0.15, -0.1) is 0 Å². The van der Waals surface area contributed by atoms with Crippen LogP contribution < -0.4 is 14.9 Å². The summed E-state index contributed by atoms with van der Waals surface area (Å²) < 4.78 is 28.7. The van der Waals surface area contributed by atoms with Gasteiger partial charge in [0, 0.05) is 31.5 Å². The monoisotopic (exact) mass is 436 g/mol. The lowest BCUT2D eigenvalue weighted by atomic mass is 10.1. The number of halogens is 2. The van der Waals surface area contributed by atoms with Crippen LogP contribution >= 0.6 is 11.9 Å². The summed E-state index contributed by atoms with van der Waals surface area (Å²) in [4.78, 5) is 17.4. The van der Waals surface area contributed by atoms with Crippen LogP contribution in [0.15, 0.2) is 30.3 Å². The van der Waals surface area contributed by atoms with Crippen LogP contribution in [-0.4, -0.2) is 48.5 Å². The van der Waals surface area contributed by atoms with Crippen LogP contribution in [0.3, 0.4) is 0 Å². The van der Waals surface area contributed by atoms with Crippen molar-refractivity contribution in [2.75, 3.05) is 36.1 Å². The lowest BCUT2D eigenvalue weighted by Gasteiger charge is -2.19. The minimum absolute atomic E-state index is 0.104. The number of aliphatic hydroxyl groups is 1. The van der Waals surface area contributed by atoms with Gasteiger partial charge in [0.25, 0.3) is 5.91 Å². The van der Waals surface area contributed by atoms with E-state index in [2.05, 4.69) is 15.6 Å². The first-order valence-corrected chi connectivity index (χ1v) is 11.0. The van der Waals surface area contributed by atoms with Crippen molar-refractivity contribution in [1.82, 2.24) is 10.3 Å². The lowest BCUT2D eigenvalue weighted by Crippen LogP contribution is -2.39. The lowest BCUT2D eigenvalue weighted by molar-refractivity contribution is 0.0916. The molecule has 3 N–H and O–H groups in total. The number of amides is 1. The molecule has 1 heterocycles. The zero-order valence-corrected chi connectivity index (χ0v) is 17.8. The fourth-order valence-corrected chi connectivity index (χ4v) is 3.29. The van der Waals surface area contributed by atoms with Gasteiger partial charge in [-0.1, -0.05) is 11.9 Å². The minimum Gasteiger partial charge on any atom is -0.394 e. The van der Waals surface area contributed by atoms with E-state index in [1.165, 1.54) is 36.9 Å². The number of nitrogens with one attached hydrogen (secondary N) is 2. The quantitative estimate of drug-likeness (QED) is 0.497. The highest BCUT2D eigenvalue weighted by molar-refractivity contribution is 7.99. The summed E-state index contributed by atoms with van der Waals surface area (Å²) in [5.74, 6) is 0.103. The minimum atomic E-state index is -0.696. The largest absolute Gasteiger partial charge is 0.394 e. The Bertz CT molecular complexity index is 875. The molecule has 1 unspecified atom stereocenters. The first-order chi connectivity index (χ1) is 14.4. The maximum absolute atomic E-state index is 13.4. The van der Waals surface area contributed by atoms with Crippen LogP contribution in [0.2, 0.25) is 0 Å². The van der Waals surface area contributed by atoms with Gasteiger partial charge in [-0.3, -0.25) is 4.79 Å². The molecule has 2 aromatic rings. The Morgan fingerprint density at radius 2 is 1.97 bits per heavy atom. The van der Waals surface area contributed by atoms with Gasteiger partial charge in [0.15, 0.2) is 0 Å². The number of carbonyl (C=O) groups is 1. The summed E-state index contributed by atoms with van der Waals surface area (Å²) in [5, 5.41) is 15.7. The fourth-order valence-electron chi connectivity index (χ4n) is 3.01. The van der Waals surface area contributed by atoms with E-state index in [0.29, 0.717) is 28.7 Å². The Morgan fingerprint density at radius 1 is 1.27 bits per heavy atom. The number of anilines is 2. The zero-order chi connectivity index (χ0) is 21.7. The maximum atomic E-state index is 13.4. The second-order valence-electron chi connectivity index (χ2n) is 7.44. The predicted molar refractivity (Wildman–Crippen MR) is 116 cm³/mol. The molecule has 6 nitrogen and oxygen atoms in total. The molecule has 162 valence electrons. The third-order valence-electron chi connectivity index (χ3n) is 4.90. The summed E-state index contributed by atoms with van der Waals surface area (Å²) in [6, 6.07) is 5.82. The number of pyridine rings is 1. The summed E-state index contributed by atoms with van der Waals surface area (Å²) >= 11 is 1.47. The van der Waals surface area contributed by atoms with Crippen molar-refractivity contribution in [2.24, 2.45) is 5.92 Å². The van der Waals surface area contributed by atoms with Gasteiger partial charge in [-0.25, -0.2) is 13.8 Å². The second kappa shape index (κ2) is 10.1. The normalized spacial score (nSPS) is 14.3. The van der Waals surface area contributed by atoms with Crippen molar-refractivity contribution < 1.29 is 18.7 Å². The average molecular weight is 437 g/mol. The van der Waals surface area contributed by atoms with E-state index in [9.17, 15) is 18.7 Å². The number of hydrogen-bond donors (Lipinski definition) is 3. The molecule has 0 aliphatic heterocycles. The molecule has 1 fully saturated rings. The second-order valence-corrected chi connectivity index (χ2v) is 8.35. The summed E-state index contributed by atoms with van der Waals surface area (Å²) in [7, 11) is 1.86. The number of nitrogens with zero attached hydrogens (tertiary/aromatic N) is 2. The molecule has 0 spiro atoms. The van der Waals surface area contributed by atoms with Crippen molar-refractivity contribution in [3.8, 4) is 0 Å². The van der Waals surface area contributed by atoms with E-state index in [4.69, 9.17) is 0 Å². The molecule has 1 amide bonds. The third kappa shape index (κ3) is 6.30. The smallest absolute Gasteiger partial charge is 0.251 e. The SMILES string of the molecule is CSN(C)c1cc(C(=O)NC(CO)Cc2cc(F)cc(F)c2)cc(NCC2CC2)n1. The molecule has 1 aromatic carbocycles. The van der Waals surface area contributed by atoms with Crippen molar-refractivity contribution in [3.63, 3.8) is 0 Å². The number of benzene rings is 1. The topological polar surface area (TPSA) is 77.5 Å². The van der Waals surface area contributed by atoms with E-state index in [0.717, 1.165) is 12.6 Å². The van der Waals surface area contributed by atoms with Crippen LogP contribution in [0.1, 0.15) is 28.8 Å². The average Bonchev–Trinajstić information content (AvgIpc) is 3.54. The molecule has 30 heavy (non-hydrogen) atoms. The predicted octanol–water partition coefficient (Wildman–Crippen LogP) is 3.23. The number of aliphatic hydroxyl groups excluding tert-OH is 1.